The second-order valence-corrected chi connectivity index (χ2v) is 7.66. The predicted molar refractivity (Wildman–Crippen MR) is 84.9 cm³/mol. The highest BCUT2D eigenvalue weighted by atomic mass is 79.9. The summed E-state index contributed by atoms with van der Waals surface area (Å²) >= 11 is 3.45. The summed E-state index contributed by atoms with van der Waals surface area (Å²) in [7, 11) is 0. The van der Waals surface area contributed by atoms with Crippen LogP contribution in [0.2, 0.25) is 0 Å². The zero-order chi connectivity index (χ0) is 14.8. The average molecular weight is 341 g/mol. The zero-order valence-electron chi connectivity index (χ0n) is 12.9. The highest BCUT2D eigenvalue weighted by Gasteiger charge is 2.33. The van der Waals surface area contributed by atoms with Gasteiger partial charge in [0.25, 0.3) is 0 Å². The minimum atomic E-state index is 0.269. The molecule has 1 fully saturated rings. The summed E-state index contributed by atoms with van der Waals surface area (Å²) in [5.41, 5.74) is 0.360. The van der Waals surface area contributed by atoms with Gasteiger partial charge in [-0.2, -0.15) is 4.98 Å². The Balaban J connectivity index is 2.09. The molecule has 1 aliphatic rings. The number of halogens is 1. The number of aromatic nitrogens is 2. The van der Waals surface area contributed by atoms with Crippen molar-refractivity contribution in [3.8, 4) is 5.88 Å². The third-order valence-electron chi connectivity index (χ3n) is 3.83. The smallest absolute Gasteiger partial charge is 0.217 e. The largest absolute Gasteiger partial charge is 0.474 e. The summed E-state index contributed by atoms with van der Waals surface area (Å²) in [5, 5.41) is 0. The van der Waals surface area contributed by atoms with Crippen LogP contribution in [0.1, 0.15) is 59.2 Å². The molecule has 4 heteroatoms. The Kier molecular flexibility index (Phi) is 5.05. The Bertz CT molecular complexity index is 462. The lowest BCUT2D eigenvalue weighted by Crippen LogP contribution is -2.34. The van der Waals surface area contributed by atoms with Crippen LogP contribution in [0.15, 0.2) is 10.7 Å². The lowest BCUT2D eigenvalue weighted by Gasteiger charge is -2.38. The molecule has 1 aromatic heterocycles. The Morgan fingerprint density at radius 1 is 1.35 bits per heavy atom. The Labute approximate surface area is 130 Å². The van der Waals surface area contributed by atoms with E-state index in [9.17, 15) is 0 Å². The number of hydrogen-bond acceptors (Lipinski definition) is 3. The fraction of sp³-hybridized carbons (Fsp3) is 0.750. The van der Waals surface area contributed by atoms with Gasteiger partial charge >= 0.3 is 0 Å². The minimum absolute atomic E-state index is 0.269. The topological polar surface area (TPSA) is 35.0 Å². The van der Waals surface area contributed by atoms with E-state index in [0.29, 0.717) is 17.2 Å². The van der Waals surface area contributed by atoms with Crippen LogP contribution in [-0.4, -0.2) is 16.1 Å². The van der Waals surface area contributed by atoms with Crippen molar-refractivity contribution < 1.29 is 4.74 Å². The second kappa shape index (κ2) is 6.42. The predicted octanol–water partition coefficient (Wildman–Crippen LogP) is 4.79. The van der Waals surface area contributed by atoms with Gasteiger partial charge in [-0.15, -0.1) is 0 Å². The number of nitrogens with zero attached hydrogens (tertiary/aromatic N) is 2. The molecule has 0 aromatic carbocycles. The molecule has 1 aliphatic carbocycles. The molecule has 0 bridgehead atoms. The average Bonchev–Trinajstić information content (AvgIpc) is 2.24. The molecule has 0 aliphatic heterocycles. The van der Waals surface area contributed by atoms with E-state index in [-0.39, 0.29) is 6.10 Å². The van der Waals surface area contributed by atoms with Crippen molar-refractivity contribution in [3.63, 3.8) is 0 Å². The number of rotatable bonds is 4. The van der Waals surface area contributed by atoms with Crippen LogP contribution in [0.25, 0.3) is 0 Å². The standard InChI is InChI=1S/C16H25BrN2O/c1-5-6-14-18-13(17)8-15(19-14)20-12-7-11(2)9-16(3,4)10-12/h8,11-12H,5-7,9-10H2,1-4H3. The first kappa shape index (κ1) is 15.7. The molecule has 3 nitrogen and oxygen atoms in total. The van der Waals surface area contributed by atoms with E-state index < -0.39 is 0 Å². The first-order chi connectivity index (χ1) is 9.38. The van der Waals surface area contributed by atoms with Crippen molar-refractivity contribution in [1.29, 1.82) is 0 Å². The molecule has 0 spiro atoms. The van der Waals surface area contributed by atoms with E-state index in [1.54, 1.807) is 0 Å². The van der Waals surface area contributed by atoms with Crippen LogP contribution in [-0.2, 0) is 6.42 Å². The fourth-order valence-electron chi connectivity index (χ4n) is 3.36. The molecule has 20 heavy (non-hydrogen) atoms. The van der Waals surface area contributed by atoms with E-state index in [1.165, 1.54) is 6.42 Å². The van der Waals surface area contributed by atoms with Gasteiger partial charge in [0.15, 0.2) is 0 Å². The highest BCUT2D eigenvalue weighted by molar-refractivity contribution is 9.10. The summed E-state index contributed by atoms with van der Waals surface area (Å²) in [6.45, 7) is 9.11. The van der Waals surface area contributed by atoms with E-state index >= 15 is 0 Å². The summed E-state index contributed by atoms with van der Waals surface area (Å²) < 4.78 is 6.96. The molecule has 0 saturated heterocycles. The maximum absolute atomic E-state index is 6.15. The normalized spacial score (nSPS) is 25.4. The van der Waals surface area contributed by atoms with E-state index in [0.717, 1.165) is 36.1 Å². The third-order valence-corrected chi connectivity index (χ3v) is 4.23. The summed E-state index contributed by atoms with van der Waals surface area (Å²) in [6.07, 6.45) is 5.70. The van der Waals surface area contributed by atoms with Gasteiger partial charge < -0.3 is 4.74 Å². The molecule has 2 rings (SSSR count). The van der Waals surface area contributed by atoms with Crippen LogP contribution < -0.4 is 4.74 Å². The SMILES string of the molecule is CCCc1nc(Br)cc(OC2CC(C)CC(C)(C)C2)n1. The molecule has 1 heterocycles. The summed E-state index contributed by atoms with van der Waals surface area (Å²) in [6, 6.07) is 1.88. The van der Waals surface area contributed by atoms with Gasteiger partial charge in [0.2, 0.25) is 5.88 Å². The molecule has 2 atom stereocenters. The number of ether oxygens (including phenoxy) is 1. The van der Waals surface area contributed by atoms with Gasteiger partial charge in [-0.1, -0.05) is 27.7 Å². The van der Waals surface area contributed by atoms with Crippen molar-refractivity contribution in [2.45, 2.75) is 65.9 Å². The van der Waals surface area contributed by atoms with Crippen LogP contribution in [0.5, 0.6) is 5.88 Å². The van der Waals surface area contributed by atoms with Gasteiger partial charge in [-0.05, 0) is 52.9 Å². The Morgan fingerprint density at radius 2 is 2.10 bits per heavy atom. The van der Waals surface area contributed by atoms with Crippen molar-refractivity contribution >= 4 is 15.9 Å². The lowest BCUT2D eigenvalue weighted by molar-refractivity contribution is 0.0529. The van der Waals surface area contributed by atoms with Gasteiger partial charge in [0, 0.05) is 12.5 Å². The lowest BCUT2D eigenvalue weighted by atomic mass is 9.71. The summed E-state index contributed by atoms with van der Waals surface area (Å²) in [5.74, 6) is 2.29. The quantitative estimate of drug-likeness (QED) is 0.739. The van der Waals surface area contributed by atoms with Crippen molar-refractivity contribution in [3.05, 3.63) is 16.5 Å². The molecule has 0 amide bonds. The Morgan fingerprint density at radius 3 is 2.75 bits per heavy atom. The van der Waals surface area contributed by atoms with E-state index in [1.807, 2.05) is 6.07 Å². The molecule has 112 valence electrons. The first-order valence-corrected chi connectivity index (χ1v) is 8.37. The zero-order valence-corrected chi connectivity index (χ0v) is 14.5. The van der Waals surface area contributed by atoms with Crippen LogP contribution >= 0.6 is 15.9 Å². The molecule has 0 N–H and O–H groups in total. The molecular formula is C16H25BrN2O. The van der Waals surface area contributed by atoms with Gasteiger partial charge in [0.1, 0.15) is 16.5 Å². The second-order valence-electron chi connectivity index (χ2n) is 6.85. The molecule has 2 unspecified atom stereocenters. The number of hydrogen-bond donors (Lipinski definition) is 0. The maximum atomic E-state index is 6.15. The monoisotopic (exact) mass is 340 g/mol. The van der Waals surface area contributed by atoms with Crippen molar-refractivity contribution in [1.82, 2.24) is 9.97 Å². The van der Waals surface area contributed by atoms with Crippen LogP contribution in [0.4, 0.5) is 0 Å². The molecule has 1 saturated carbocycles. The summed E-state index contributed by atoms with van der Waals surface area (Å²) in [4.78, 5) is 8.91. The maximum Gasteiger partial charge on any atom is 0.217 e. The number of aryl methyl sites for hydroxylation is 1. The third kappa shape index (κ3) is 4.44. The Hall–Kier alpha value is -0.640. The molecular weight excluding hydrogens is 316 g/mol. The van der Waals surface area contributed by atoms with Gasteiger partial charge in [0.05, 0.1) is 0 Å². The van der Waals surface area contributed by atoms with Crippen LogP contribution in [0, 0.1) is 11.3 Å². The van der Waals surface area contributed by atoms with E-state index in [2.05, 4.69) is 53.6 Å². The van der Waals surface area contributed by atoms with Gasteiger partial charge in [-0.3, -0.25) is 0 Å². The van der Waals surface area contributed by atoms with E-state index in [4.69, 9.17) is 4.74 Å². The first-order valence-electron chi connectivity index (χ1n) is 7.58. The van der Waals surface area contributed by atoms with Gasteiger partial charge in [-0.25, -0.2) is 4.98 Å². The van der Waals surface area contributed by atoms with Crippen molar-refractivity contribution in [2.75, 3.05) is 0 Å². The van der Waals surface area contributed by atoms with Crippen molar-refractivity contribution in [2.24, 2.45) is 11.3 Å². The highest BCUT2D eigenvalue weighted by Crippen LogP contribution is 2.39. The molecule has 1 aromatic rings. The molecule has 0 radical (unpaired) electrons. The fourth-order valence-corrected chi connectivity index (χ4v) is 3.76. The minimum Gasteiger partial charge on any atom is -0.474 e. The van der Waals surface area contributed by atoms with Crippen LogP contribution in [0.3, 0.4) is 0 Å².